The molecule has 0 unspecified atom stereocenters. The Bertz CT molecular complexity index is 734. The van der Waals surface area contributed by atoms with Crippen molar-refractivity contribution in [2.45, 2.75) is 45.6 Å². The molecule has 1 aliphatic heterocycles. The molecule has 0 spiro atoms. The number of rotatable bonds is 6. The predicted molar refractivity (Wildman–Crippen MR) is 113 cm³/mol. The van der Waals surface area contributed by atoms with E-state index in [1.807, 2.05) is 31.2 Å². The lowest BCUT2D eigenvalue weighted by molar-refractivity contribution is -0.121. The normalized spacial score (nSPS) is 16.2. The van der Waals surface area contributed by atoms with E-state index in [1.54, 1.807) is 0 Å². The van der Waals surface area contributed by atoms with Gasteiger partial charge in [0.2, 0.25) is 5.91 Å². The fourth-order valence-electron chi connectivity index (χ4n) is 3.55. The third-order valence-electron chi connectivity index (χ3n) is 5.47. The number of anilines is 1. The molecular formula is C23H29ClN2O. The van der Waals surface area contributed by atoms with Crippen LogP contribution in [0.15, 0.2) is 48.5 Å². The van der Waals surface area contributed by atoms with Crippen LogP contribution in [0.2, 0.25) is 5.02 Å². The van der Waals surface area contributed by atoms with Crippen LogP contribution in [0.3, 0.4) is 0 Å². The van der Waals surface area contributed by atoms with E-state index in [1.165, 1.54) is 18.5 Å². The van der Waals surface area contributed by atoms with Crippen molar-refractivity contribution < 1.29 is 4.79 Å². The zero-order chi connectivity index (χ0) is 19.2. The highest BCUT2D eigenvalue weighted by atomic mass is 35.5. The van der Waals surface area contributed by atoms with E-state index in [9.17, 15) is 4.79 Å². The summed E-state index contributed by atoms with van der Waals surface area (Å²) in [6.07, 6.45) is 3.74. The van der Waals surface area contributed by atoms with Gasteiger partial charge in [0.1, 0.15) is 0 Å². The lowest BCUT2D eigenvalue weighted by atomic mass is 9.98. The second kappa shape index (κ2) is 9.27. The first-order chi connectivity index (χ1) is 13.0. The molecule has 0 aromatic heterocycles. The highest BCUT2D eigenvalue weighted by Gasteiger charge is 2.16. The van der Waals surface area contributed by atoms with Gasteiger partial charge < -0.3 is 10.2 Å². The summed E-state index contributed by atoms with van der Waals surface area (Å²) in [4.78, 5) is 14.7. The molecule has 1 atom stereocenters. The third kappa shape index (κ3) is 5.74. The van der Waals surface area contributed by atoms with E-state index in [2.05, 4.69) is 41.4 Å². The smallest absolute Gasteiger partial charge is 0.220 e. The van der Waals surface area contributed by atoms with Crippen LogP contribution in [0.4, 0.5) is 5.69 Å². The Hall–Kier alpha value is -2.00. The number of nitrogens with one attached hydrogen (secondary N) is 1. The number of hydrogen-bond donors (Lipinski definition) is 1. The molecule has 1 amide bonds. The number of nitrogens with zero attached hydrogens (tertiary/aromatic N) is 1. The zero-order valence-electron chi connectivity index (χ0n) is 16.2. The molecule has 1 saturated heterocycles. The monoisotopic (exact) mass is 384 g/mol. The first kappa shape index (κ1) is 19.8. The lowest BCUT2D eigenvalue weighted by Crippen LogP contribution is -2.32. The Morgan fingerprint density at radius 2 is 1.74 bits per heavy atom. The number of benzene rings is 2. The minimum Gasteiger partial charge on any atom is -0.372 e. The van der Waals surface area contributed by atoms with Crippen molar-refractivity contribution in [2.24, 2.45) is 5.92 Å². The van der Waals surface area contributed by atoms with Crippen LogP contribution in [0.5, 0.6) is 0 Å². The Kier molecular flexibility index (Phi) is 6.78. The first-order valence-electron chi connectivity index (χ1n) is 9.90. The van der Waals surface area contributed by atoms with E-state index in [0.717, 1.165) is 41.6 Å². The maximum Gasteiger partial charge on any atom is 0.220 e. The van der Waals surface area contributed by atoms with Crippen LogP contribution in [0.1, 0.15) is 50.3 Å². The summed E-state index contributed by atoms with van der Waals surface area (Å²) in [5, 5.41) is 3.83. The summed E-state index contributed by atoms with van der Waals surface area (Å²) < 4.78 is 0. The average Bonchev–Trinajstić information content (AvgIpc) is 2.68. The maximum atomic E-state index is 12.3. The quantitative estimate of drug-likeness (QED) is 0.724. The Morgan fingerprint density at radius 1 is 1.11 bits per heavy atom. The summed E-state index contributed by atoms with van der Waals surface area (Å²) in [6.45, 7) is 6.64. The van der Waals surface area contributed by atoms with Crippen molar-refractivity contribution in [3.63, 3.8) is 0 Å². The van der Waals surface area contributed by atoms with Crippen LogP contribution < -0.4 is 10.2 Å². The highest BCUT2D eigenvalue weighted by Crippen LogP contribution is 2.24. The van der Waals surface area contributed by atoms with E-state index in [4.69, 9.17) is 11.6 Å². The van der Waals surface area contributed by atoms with Crippen molar-refractivity contribution in [3.8, 4) is 0 Å². The molecule has 0 saturated carbocycles. The first-order valence-corrected chi connectivity index (χ1v) is 10.3. The van der Waals surface area contributed by atoms with Gasteiger partial charge >= 0.3 is 0 Å². The number of piperidine rings is 1. The number of halogens is 1. The van der Waals surface area contributed by atoms with Gasteiger partial charge in [-0.25, -0.2) is 0 Å². The van der Waals surface area contributed by atoms with Crippen LogP contribution in [0.25, 0.3) is 0 Å². The predicted octanol–water partition coefficient (Wildman–Crippen LogP) is 5.39. The van der Waals surface area contributed by atoms with Gasteiger partial charge in [-0.05, 0) is 67.5 Å². The third-order valence-corrected chi connectivity index (χ3v) is 5.73. The van der Waals surface area contributed by atoms with Gasteiger partial charge in [0.05, 0.1) is 6.04 Å². The summed E-state index contributed by atoms with van der Waals surface area (Å²) in [5.74, 6) is 0.912. The van der Waals surface area contributed by atoms with E-state index in [0.29, 0.717) is 6.42 Å². The molecule has 4 heteroatoms. The summed E-state index contributed by atoms with van der Waals surface area (Å²) in [5.41, 5.74) is 3.55. The SMILES string of the molecule is CC1CCN(c2ccc([C@@H](C)NC(=O)CCc3ccc(Cl)cc3)cc2)CC1. The average molecular weight is 385 g/mol. The van der Waals surface area contributed by atoms with Gasteiger partial charge in [0, 0.05) is 30.2 Å². The van der Waals surface area contributed by atoms with Crippen molar-refractivity contribution in [1.82, 2.24) is 5.32 Å². The van der Waals surface area contributed by atoms with Crippen molar-refractivity contribution >= 4 is 23.2 Å². The van der Waals surface area contributed by atoms with Gasteiger partial charge in [-0.3, -0.25) is 4.79 Å². The molecule has 1 heterocycles. The summed E-state index contributed by atoms with van der Waals surface area (Å²) in [7, 11) is 0. The fraction of sp³-hybridized carbons (Fsp3) is 0.435. The molecule has 1 fully saturated rings. The van der Waals surface area contributed by atoms with Crippen molar-refractivity contribution in [2.75, 3.05) is 18.0 Å². The lowest BCUT2D eigenvalue weighted by Gasteiger charge is -2.32. The molecule has 3 rings (SSSR count). The van der Waals surface area contributed by atoms with Crippen LogP contribution in [-0.4, -0.2) is 19.0 Å². The van der Waals surface area contributed by atoms with Gasteiger partial charge in [0.25, 0.3) is 0 Å². The number of carbonyl (C=O) groups excluding carboxylic acids is 1. The molecule has 144 valence electrons. The molecule has 3 nitrogen and oxygen atoms in total. The van der Waals surface area contributed by atoms with Crippen LogP contribution >= 0.6 is 11.6 Å². The molecule has 0 aliphatic carbocycles. The van der Waals surface area contributed by atoms with E-state index in [-0.39, 0.29) is 11.9 Å². The fourth-order valence-corrected chi connectivity index (χ4v) is 3.67. The largest absolute Gasteiger partial charge is 0.372 e. The summed E-state index contributed by atoms with van der Waals surface area (Å²) >= 11 is 5.90. The second-order valence-corrected chi connectivity index (χ2v) is 8.11. The highest BCUT2D eigenvalue weighted by molar-refractivity contribution is 6.30. The minimum absolute atomic E-state index is 0.0122. The standard InChI is InChI=1S/C23H29ClN2O/c1-17-13-15-26(16-14-17)22-10-6-20(7-11-22)18(2)25-23(27)12-5-19-3-8-21(24)9-4-19/h3-4,6-11,17-18H,5,12-16H2,1-2H3,(H,25,27)/t18-/m1/s1. The molecule has 2 aromatic rings. The van der Waals surface area contributed by atoms with Crippen LogP contribution in [0, 0.1) is 5.92 Å². The van der Waals surface area contributed by atoms with E-state index >= 15 is 0 Å². The maximum absolute atomic E-state index is 12.3. The topological polar surface area (TPSA) is 32.3 Å². The molecule has 0 bridgehead atoms. The van der Waals surface area contributed by atoms with Crippen molar-refractivity contribution in [3.05, 3.63) is 64.7 Å². The zero-order valence-corrected chi connectivity index (χ0v) is 17.0. The second-order valence-electron chi connectivity index (χ2n) is 7.68. The Labute approximate surface area is 167 Å². The molecule has 0 radical (unpaired) electrons. The van der Waals surface area contributed by atoms with Gasteiger partial charge in [-0.1, -0.05) is 42.8 Å². The molecular weight excluding hydrogens is 356 g/mol. The van der Waals surface area contributed by atoms with Crippen molar-refractivity contribution in [1.29, 1.82) is 0 Å². The molecule has 2 aromatic carbocycles. The van der Waals surface area contributed by atoms with Gasteiger partial charge in [-0.15, -0.1) is 0 Å². The number of hydrogen-bond acceptors (Lipinski definition) is 2. The number of carbonyl (C=O) groups is 1. The number of amides is 1. The summed E-state index contributed by atoms with van der Waals surface area (Å²) in [6, 6.07) is 16.3. The van der Waals surface area contributed by atoms with Gasteiger partial charge in [0.15, 0.2) is 0 Å². The Balaban J connectivity index is 1.49. The molecule has 27 heavy (non-hydrogen) atoms. The van der Waals surface area contributed by atoms with Crippen LogP contribution in [-0.2, 0) is 11.2 Å². The molecule has 1 aliphatic rings. The van der Waals surface area contributed by atoms with E-state index < -0.39 is 0 Å². The van der Waals surface area contributed by atoms with Gasteiger partial charge in [-0.2, -0.15) is 0 Å². The molecule has 1 N–H and O–H groups in total. The number of aryl methyl sites for hydroxylation is 1. The Morgan fingerprint density at radius 3 is 2.37 bits per heavy atom. The minimum atomic E-state index is 0.0122.